The van der Waals surface area contributed by atoms with Crippen LogP contribution in [0.3, 0.4) is 0 Å². The number of hydrogen-bond donors (Lipinski definition) is 2. The number of nitrogens with one attached hydrogen (secondary N) is 2. The van der Waals surface area contributed by atoms with Crippen LogP contribution in [0, 0.1) is 20.8 Å². The van der Waals surface area contributed by atoms with Crippen LogP contribution in [0.2, 0.25) is 0 Å². The van der Waals surface area contributed by atoms with E-state index in [4.69, 9.17) is 14.7 Å². The molecule has 4 aliphatic rings. The largest absolute Gasteiger partial charge is 0.496 e. The van der Waals surface area contributed by atoms with Crippen molar-refractivity contribution in [1.82, 2.24) is 19.9 Å². The monoisotopic (exact) mass is 708 g/mol. The SMILES string of the molecule is CCc1c(C)c2cc3nc4cc5[nH]c(cc6nc(cc1[nH]2)C(=C6C)CCCCCCc1cc(C)cc(c1OC)CCCCCCC4=C3C)c(C)c5CC. The topological polar surface area (TPSA) is 66.6 Å². The van der Waals surface area contributed by atoms with Crippen LogP contribution in [-0.4, -0.2) is 27.0 Å². The number of fused-ring (bicyclic) bond motifs is 10. The molecule has 5 nitrogen and oxygen atoms in total. The lowest BCUT2D eigenvalue weighted by molar-refractivity contribution is 0.402. The van der Waals surface area contributed by atoms with Crippen molar-refractivity contribution in [2.75, 3.05) is 7.11 Å². The Balaban J connectivity index is 1.40. The van der Waals surface area contributed by atoms with Crippen molar-refractivity contribution in [1.29, 1.82) is 0 Å². The van der Waals surface area contributed by atoms with E-state index in [0.717, 1.165) is 90.9 Å². The van der Waals surface area contributed by atoms with Gasteiger partial charge in [0.2, 0.25) is 0 Å². The highest BCUT2D eigenvalue weighted by Crippen LogP contribution is 2.38. The van der Waals surface area contributed by atoms with Crippen molar-refractivity contribution < 1.29 is 4.74 Å². The molecule has 0 fully saturated rings. The highest BCUT2D eigenvalue weighted by atomic mass is 16.5. The molecule has 2 N–H and O–H groups in total. The van der Waals surface area contributed by atoms with E-state index in [1.165, 1.54) is 111 Å². The molecular formula is C48H60N4O. The number of aromatic nitrogens is 4. The van der Waals surface area contributed by atoms with Crippen molar-refractivity contribution in [3.8, 4) is 5.75 Å². The summed E-state index contributed by atoms with van der Waals surface area (Å²) in [6.07, 6.45) is 15.6. The van der Waals surface area contributed by atoms with Gasteiger partial charge in [-0.3, -0.25) is 0 Å². The number of H-pyrrole nitrogens is 2. The van der Waals surface area contributed by atoms with Crippen LogP contribution in [0.1, 0.15) is 154 Å². The Hall–Kier alpha value is -4.38. The Kier molecular flexibility index (Phi) is 11.1. The number of rotatable bonds is 3. The molecule has 0 saturated carbocycles. The molecule has 7 heterocycles. The molecule has 0 spiro atoms. The quantitative estimate of drug-likeness (QED) is 0.223. The minimum Gasteiger partial charge on any atom is -0.496 e. The summed E-state index contributed by atoms with van der Waals surface area (Å²) in [6.45, 7) is 15.9. The zero-order valence-electron chi connectivity index (χ0n) is 33.7. The Morgan fingerprint density at radius 2 is 0.906 bits per heavy atom. The fourth-order valence-electron chi connectivity index (χ4n) is 9.26. The average molecular weight is 709 g/mol. The second-order valence-corrected chi connectivity index (χ2v) is 15.8. The Labute approximate surface area is 317 Å². The summed E-state index contributed by atoms with van der Waals surface area (Å²) in [6, 6.07) is 14.0. The number of ether oxygens (including phenoxy) is 1. The van der Waals surface area contributed by atoms with Crippen molar-refractivity contribution in [2.24, 2.45) is 0 Å². The molecule has 0 radical (unpaired) electrons. The first-order valence-corrected chi connectivity index (χ1v) is 20.5. The van der Waals surface area contributed by atoms with Crippen LogP contribution in [0.4, 0.5) is 0 Å². The Morgan fingerprint density at radius 1 is 0.509 bits per heavy atom. The van der Waals surface area contributed by atoms with Gasteiger partial charge in [0.25, 0.3) is 0 Å². The summed E-state index contributed by atoms with van der Waals surface area (Å²) >= 11 is 0. The fourth-order valence-corrected chi connectivity index (χ4v) is 9.26. The molecule has 0 amide bonds. The van der Waals surface area contributed by atoms with E-state index in [2.05, 4.69) is 94.8 Å². The molecule has 12 bridgehead atoms. The summed E-state index contributed by atoms with van der Waals surface area (Å²) in [4.78, 5) is 18.5. The third-order valence-electron chi connectivity index (χ3n) is 12.3. The first-order valence-electron chi connectivity index (χ1n) is 20.5. The number of aryl methyl sites for hydroxylation is 7. The van der Waals surface area contributed by atoms with E-state index >= 15 is 0 Å². The van der Waals surface area contributed by atoms with Crippen LogP contribution in [0.15, 0.2) is 36.4 Å². The Bertz CT molecular complexity index is 2100. The highest BCUT2D eigenvalue weighted by molar-refractivity contribution is 5.95. The van der Waals surface area contributed by atoms with E-state index in [1.54, 1.807) is 0 Å². The molecule has 3 aromatic heterocycles. The summed E-state index contributed by atoms with van der Waals surface area (Å²) in [7, 11) is 1.86. The molecule has 4 aromatic rings. The second-order valence-electron chi connectivity index (χ2n) is 15.8. The minimum atomic E-state index is 0.963. The van der Waals surface area contributed by atoms with Gasteiger partial charge in [0.15, 0.2) is 0 Å². The van der Waals surface area contributed by atoms with Gasteiger partial charge >= 0.3 is 0 Å². The van der Waals surface area contributed by atoms with Gasteiger partial charge in [-0.2, -0.15) is 0 Å². The predicted molar refractivity (Wildman–Crippen MR) is 226 cm³/mol. The van der Waals surface area contributed by atoms with Crippen molar-refractivity contribution in [3.63, 3.8) is 0 Å². The van der Waals surface area contributed by atoms with Crippen LogP contribution in [-0.2, 0) is 25.7 Å². The number of methoxy groups -OCH3 is 1. The van der Waals surface area contributed by atoms with E-state index in [0.29, 0.717) is 0 Å². The normalized spacial score (nSPS) is 16.2. The Morgan fingerprint density at radius 3 is 1.30 bits per heavy atom. The fraction of sp³-hybridized carbons (Fsp3) is 0.458. The van der Waals surface area contributed by atoms with Gasteiger partial charge in [-0.25, -0.2) is 9.97 Å². The van der Waals surface area contributed by atoms with Crippen molar-refractivity contribution in [2.45, 2.75) is 138 Å². The third kappa shape index (κ3) is 7.41. The smallest absolute Gasteiger partial charge is 0.125 e. The predicted octanol–water partition coefficient (Wildman–Crippen LogP) is 12.9. The maximum absolute atomic E-state index is 6.07. The first kappa shape index (κ1) is 37.0. The van der Waals surface area contributed by atoms with Gasteiger partial charge < -0.3 is 14.7 Å². The average Bonchev–Trinajstić information content (AvgIpc) is 3.80. The molecule has 0 atom stereocenters. The maximum Gasteiger partial charge on any atom is 0.125 e. The van der Waals surface area contributed by atoms with E-state index in [9.17, 15) is 0 Å². The van der Waals surface area contributed by atoms with Crippen LogP contribution in [0.5, 0.6) is 5.75 Å². The van der Waals surface area contributed by atoms with Crippen molar-refractivity contribution in [3.05, 3.63) is 98.1 Å². The molecular weight excluding hydrogens is 649 g/mol. The number of allylic oxidation sites excluding steroid dienone is 4. The molecule has 53 heavy (non-hydrogen) atoms. The summed E-state index contributed by atoms with van der Waals surface area (Å²) < 4.78 is 6.07. The van der Waals surface area contributed by atoms with Gasteiger partial charge in [-0.15, -0.1) is 0 Å². The van der Waals surface area contributed by atoms with E-state index in [1.807, 2.05) is 7.11 Å². The summed E-state index contributed by atoms with van der Waals surface area (Å²) in [5.41, 5.74) is 23.8. The van der Waals surface area contributed by atoms with Gasteiger partial charge in [0.1, 0.15) is 5.75 Å². The van der Waals surface area contributed by atoms with E-state index < -0.39 is 0 Å². The highest BCUT2D eigenvalue weighted by Gasteiger charge is 2.21. The summed E-state index contributed by atoms with van der Waals surface area (Å²) in [5, 5.41) is 0. The van der Waals surface area contributed by atoms with Crippen LogP contribution in [0.25, 0.3) is 44.4 Å². The lowest BCUT2D eigenvalue weighted by Crippen LogP contribution is -2.00. The molecule has 8 rings (SSSR count). The molecule has 4 aliphatic heterocycles. The molecule has 0 aliphatic carbocycles. The second kappa shape index (κ2) is 15.9. The molecule has 0 saturated heterocycles. The first-order chi connectivity index (χ1) is 25.7. The van der Waals surface area contributed by atoms with E-state index in [-0.39, 0.29) is 0 Å². The number of benzene rings is 1. The van der Waals surface area contributed by atoms with Gasteiger partial charge in [0, 0.05) is 22.1 Å². The number of hydrogen-bond acceptors (Lipinski definition) is 3. The third-order valence-corrected chi connectivity index (χ3v) is 12.3. The van der Waals surface area contributed by atoms with Gasteiger partial charge in [0.05, 0.1) is 29.9 Å². The zero-order chi connectivity index (χ0) is 37.2. The summed E-state index contributed by atoms with van der Waals surface area (Å²) in [5.74, 6) is 1.12. The lowest BCUT2D eigenvalue weighted by Gasteiger charge is -2.15. The standard InChI is InChI=1S/C48H60N4O/c1-9-36-30(4)40-25-42-33(7)39-22-18-14-12-16-20-35-24-29(3)23-34(48(35)53-8)19-15-11-13-17-21-38-32(6)43(51-46(38)27-44(36)49-40)26-41-31(5)37(10-2)45(50-41)28-47(39)52-42/h23-28,49-50H,9-22H2,1-8H3. The molecule has 5 heteroatoms. The minimum absolute atomic E-state index is 0.963. The van der Waals surface area contributed by atoms with Crippen LogP contribution >= 0.6 is 0 Å². The maximum atomic E-state index is 6.07. The van der Waals surface area contributed by atoms with Crippen molar-refractivity contribution >= 4 is 44.4 Å². The molecule has 278 valence electrons. The lowest BCUT2D eigenvalue weighted by atomic mass is 9.95. The van der Waals surface area contributed by atoms with Crippen LogP contribution < -0.4 is 4.74 Å². The number of aromatic amines is 2. The molecule has 1 aromatic carbocycles. The zero-order valence-corrected chi connectivity index (χ0v) is 33.7. The number of nitrogens with zero attached hydrogens (tertiary/aromatic N) is 2. The van der Waals surface area contributed by atoms with Gasteiger partial charge in [-0.1, -0.05) is 57.2 Å². The molecule has 0 unspecified atom stereocenters. The van der Waals surface area contributed by atoms with Gasteiger partial charge in [-0.05, 0) is 179 Å².